The van der Waals surface area contributed by atoms with E-state index in [1.165, 1.54) is 4.80 Å². The van der Waals surface area contributed by atoms with Crippen molar-refractivity contribution >= 4 is 11.8 Å². The topological polar surface area (TPSA) is 80.5 Å². The molecule has 2 rings (SSSR count). The lowest BCUT2D eigenvalue weighted by atomic mass is 10.3. The van der Waals surface area contributed by atoms with Crippen LogP contribution in [0.1, 0.15) is 37.2 Å². The van der Waals surface area contributed by atoms with E-state index >= 15 is 0 Å². The van der Waals surface area contributed by atoms with Gasteiger partial charge in [0, 0.05) is 19.2 Å². The first-order valence-corrected chi connectivity index (χ1v) is 7.70. The van der Waals surface area contributed by atoms with Gasteiger partial charge in [0.25, 0.3) is 0 Å². The van der Waals surface area contributed by atoms with Crippen LogP contribution in [0.2, 0.25) is 0 Å². The lowest BCUT2D eigenvalue weighted by Gasteiger charge is -2.20. The minimum atomic E-state index is -1.08. The van der Waals surface area contributed by atoms with Crippen molar-refractivity contribution in [3.8, 4) is 11.4 Å². The van der Waals surface area contributed by atoms with Crippen molar-refractivity contribution in [3.63, 3.8) is 0 Å². The summed E-state index contributed by atoms with van der Waals surface area (Å²) < 4.78 is 5.19. The molecule has 2 aromatic rings. The van der Waals surface area contributed by atoms with Crippen molar-refractivity contribution in [3.05, 3.63) is 30.0 Å². The third-order valence-corrected chi connectivity index (χ3v) is 3.37. The molecule has 0 bridgehead atoms. The monoisotopic (exact) mass is 318 g/mol. The summed E-state index contributed by atoms with van der Waals surface area (Å²) in [4.78, 5) is 14.8. The third-order valence-electron chi connectivity index (χ3n) is 3.37. The van der Waals surface area contributed by atoms with Gasteiger partial charge in [-0.1, -0.05) is 19.9 Å². The molecule has 7 nitrogen and oxygen atoms in total. The standard InChI is InChI=1S/C16H22N4O3/c1-4-9-19(10-5-2)15-14(16(21)22)17-20(18-15)12-7-6-8-13(11-12)23-3/h6-8,11H,4-5,9-10H2,1-3H3,(H,21,22). The van der Waals surface area contributed by atoms with Crippen LogP contribution < -0.4 is 9.64 Å². The highest BCUT2D eigenvalue weighted by Crippen LogP contribution is 2.21. The van der Waals surface area contributed by atoms with Gasteiger partial charge in [0.2, 0.25) is 5.69 Å². The number of carboxylic acids is 1. The van der Waals surface area contributed by atoms with E-state index in [2.05, 4.69) is 24.0 Å². The maximum absolute atomic E-state index is 11.5. The number of hydrogen-bond donors (Lipinski definition) is 1. The fourth-order valence-corrected chi connectivity index (χ4v) is 2.36. The number of nitrogens with zero attached hydrogens (tertiary/aromatic N) is 4. The fraction of sp³-hybridized carbons (Fsp3) is 0.438. The number of carbonyl (C=O) groups is 1. The van der Waals surface area contributed by atoms with Crippen molar-refractivity contribution in [1.82, 2.24) is 15.0 Å². The van der Waals surface area contributed by atoms with Crippen molar-refractivity contribution in [1.29, 1.82) is 0 Å². The number of methoxy groups -OCH3 is 1. The van der Waals surface area contributed by atoms with Gasteiger partial charge in [-0.15, -0.1) is 15.0 Å². The highest BCUT2D eigenvalue weighted by Gasteiger charge is 2.23. The predicted molar refractivity (Wildman–Crippen MR) is 87.7 cm³/mol. The van der Waals surface area contributed by atoms with Crippen LogP contribution in [0.5, 0.6) is 5.75 Å². The van der Waals surface area contributed by atoms with E-state index in [0.29, 0.717) is 17.3 Å². The fourth-order valence-electron chi connectivity index (χ4n) is 2.36. The molecule has 0 amide bonds. The van der Waals surface area contributed by atoms with E-state index in [1.807, 2.05) is 23.1 Å². The molecule has 124 valence electrons. The number of ether oxygens (including phenoxy) is 1. The molecule has 1 heterocycles. The van der Waals surface area contributed by atoms with Crippen molar-refractivity contribution in [2.75, 3.05) is 25.1 Å². The Hall–Kier alpha value is -2.57. The molecule has 0 aliphatic carbocycles. The lowest BCUT2D eigenvalue weighted by Crippen LogP contribution is -2.27. The Bertz CT molecular complexity index is 663. The summed E-state index contributed by atoms with van der Waals surface area (Å²) in [7, 11) is 1.58. The molecule has 0 saturated heterocycles. The van der Waals surface area contributed by atoms with Gasteiger partial charge < -0.3 is 14.7 Å². The molecule has 1 N–H and O–H groups in total. The summed E-state index contributed by atoms with van der Waals surface area (Å²) in [5.74, 6) is -0.00688. The summed E-state index contributed by atoms with van der Waals surface area (Å²) >= 11 is 0. The smallest absolute Gasteiger partial charge is 0.360 e. The third kappa shape index (κ3) is 3.80. The molecule has 0 fully saturated rings. The molecule has 23 heavy (non-hydrogen) atoms. The van der Waals surface area contributed by atoms with Crippen LogP contribution in [0.4, 0.5) is 5.82 Å². The maximum atomic E-state index is 11.5. The zero-order valence-corrected chi connectivity index (χ0v) is 13.7. The van der Waals surface area contributed by atoms with Crippen LogP contribution in [-0.2, 0) is 0 Å². The Morgan fingerprint density at radius 3 is 2.52 bits per heavy atom. The SMILES string of the molecule is CCCN(CCC)c1nn(-c2cccc(OC)c2)nc1C(=O)O. The molecule has 0 aliphatic heterocycles. The number of anilines is 1. The second-order valence-corrected chi connectivity index (χ2v) is 5.16. The number of carboxylic acid groups (broad SMARTS) is 1. The van der Waals surface area contributed by atoms with Gasteiger partial charge in [-0.2, -0.15) is 0 Å². The van der Waals surface area contributed by atoms with Crippen LogP contribution in [0.25, 0.3) is 5.69 Å². The van der Waals surface area contributed by atoms with Crippen LogP contribution in [0, 0.1) is 0 Å². The second-order valence-electron chi connectivity index (χ2n) is 5.16. The Morgan fingerprint density at radius 1 is 1.26 bits per heavy atom. The van der Waals surface area contributed by atoms with E-state index < -0.39 is 5.97 Å². The molecule has 0 aliphatic rings. The Kier molecular flexibility index (Phi) is 5.56. The second kappa shape index (κ2) is 7.62. The summed E-state index contributed by atoms with van der Waals surface area (Å²) in [6.45, 7) is 5.58. The highest BCUT2D eigenvalue weighted by molar-refractivity contribution is 5.91. The normalized spacial score (nSPS) is 10.6. The van der Waals surface area contributed by atoms with Gasteiger partial charge >= 0.3 is 5.97 Å². The molecule has 0 atom stereocenters. The molecule has 0 spiro atoms. The van der Waals surface area contributed by atoms with Crippen molar-refractivity contribution in [2.24, 2.45) is 0 Å². The zero-order chi connectivity index (χ0) is 16.8. The minimum Gasteiger partial charge on any atom is -0.497 e. The van der Waals surface area contributed by atoms with E-state index in [0.717, 1.165) is 25.9 Å². The van der Waals surface area contributed by atoms with Crippen LogP contribution in [0.3, 0.4) is 0 Å². The van der Waals surface area contributed by atoms with Gasteiger partial charge in [0.05, 0.1) is 12.8 Å². The van der Waals surface area contributed by atoms with Gasteiger partial charge in [-0.05, 0) is 25.0 Å². The summed E-state index contributed by atoms with van der Waals surface area (Å²) in [6.07, 6.45) is 1.82. The number of rotatable bonds is 8. The predicted octanol–water partition coefficient (Wildman–Crippen LogP) is 2.60. The summed E-state index contributed by atoms with van der Waals surface area (Å²) in [5.41, 5.74) is 0.626. The average Bonchev–Trinajstić information content (AvgIpc) is 3.00. The molecule has 0 radical (unpaired) electrons. The van der Waals surface area contributed by atoms with E-state index in [4.69, 9.17) is 4.74 Å². The molecule has 1 aromatic heterocycles. The van der Waals surface area contributed by atoms with E-state index in [9.17, 15) is 9.90 Å². The van der Waals surface area contributed by atoms with Crippen molar-refractivity contribution < 1.29 is 14.6 Å². The Balaban J connectivity index is 2.46. The molecule has 1 aromatic carbocycles. The highest BCUT2D eigenvalue weighted by atomic mass is 16.5. The molecule has 7 heteroatoms. The van der Waals surface area contributed by atoms with E-state index in [-0.39, 0.29) is 5.69 Å². The van der Waals surface area contributed by atoms with Gasteiger partial charge in [-0.3, -0.25) is 0 Å². The Labute approximate surface area is 135 Å². The maximum Gasteiger partial charge on any atom is 0.360 e. The van der Waals surface area contributed by atoms with E-state index in [1.54, 1.807) is 13.2 Å². The lowest BCUT2D eigenvalue weighted by molar-refractivity contribution is 0.0690. The Morgan fingerprint density at radius 2 is 1.96 bits per heavy atom. The average molecular weight is 318 g/mol. The minimum absolute atomic E-state index is 0.0327. The summed E-state index contributed by atoms with van der Waals surface area (Å²) in [6, 6.07) is 7.20. The zero-order valence-electron chi connectivity index (χ0n) is 13.7. The molecule has 0 saturated carbocycles. The van der Waals surface area contributed by atoms with Gasteiger partial charge in [0.1, 0.15) is 5.75 Å². The quantitative estimate of drug-likeness (QED) is 0.806. The van der Waals surface area contributed by atoms with Crippen LogP contribution in [-0.4, -0.2) is 46.3 Å². The van der Waals surface area contributed by atoms with Crippen molar-refractivity contribution in [2.45, 2.75) is 26.7 Å². The van der Waals surface area contributed by atoms with Gasteiger partial charge in [0.15, 0.2) is 5.82 Å². The van der Waals surface area contributed by atoms with Crippen LogP contribution in [0.15, 0.2) is 24.3 Å². The number of aromatic carboxylic acids is 1. The summed E-state index contributed by atoms with van der Waals surface area (Å²) in [5, 5.41) is 18.0. The molecule has 0 unspecified atom stereocenters. The number of aromatic nitrogens is 3. The van der Waals surface area contributed by atoms with Crippen LogP contribution >= 0.6 is 0 Å². The molecular formula is C16H22N4O3. The number of benzene rings is 1. The largest absolute Gasteiger partial charge is 0.497 e. The first-order valence-electron chi connectivity index (χ1n) is 7.70. The first-order chi connectivity index (χ1) is 11.1. The number of hydrogen-bond acceptors (Lipinski definition) is 5. The first kappa shape index (κ1) is 16.8. The molecular weight excluding hydrogens is 296 g/mol. The van der Waals surface area contributed by atoms with Gasteiger partial charge in [-0.25, -0.2) is 4.79 Å².